The molecule has 0 spiro atoms. The summed E-state index contributed by atoms with van der Waals surface area (Å²) in [6.07, 6.45) is 0. The van der Waals surface area contributed by atoms with E-state index >= 15 is 0 Å². The van der Waals surface area contributed by atoms with Gasteiger partial charge in [-0.3, -0.25) is 9.59 Å². The molecule has 0 fully saturated rings. The first-order chi connectivity index (χ1) is 24.8. The molecule has 2 aromatic heterocycles. The Balaban J connectivity index is 1.25. The molecule has 8 aromatic rings. The van der Waals surface area contributed by atoms with Crippen molar-refractivity contribution < 1.29 is 14.8 Å². The number of aromatic nitrogens is 2. The predicted molar refractivity (Wildman–Crippen MR) is 207 cm³/mol. The quantitative estimate of drug-likeness (QED) is 0.0758. The van der Waals surface area contributed by atoms with Crippen LogP contribution in [0.25, 0.3) is 43.6 Å². The number of ketones is 2. The number of aryl methyl sites for hydroxylation is 4. The van der Waals surface area contributed by atoms with Crippen molar-refractivity contribution in [3.63, 3.8) is 0 Å². The summed E-state index contributed by atoms with van der Waals surface area (Å²) < 4.78 is 4.49. The van der Waals surface area contributed by atoms with Crippen molar-refractivity contribution in [1.29, 1.82) is 0 Å². The molecule has 0 saturated heterocycles. The van der Waals surface area contributed by atoms with Crippen LogP contribution in [-0.4, -0.2) is 31.6 Å². The van der Waals surface area contributed by atoms with Gasteiger partial charge in [-0.25, -0.2) is 0 Å². The first-order valence-corrected chi connectivity index (χ1v) is 17.4. The predicted octanol–water partition coefficient (Wildman–Crippen LogP) is 10.2. The highest BCUT2D eigenvalue weighted by molar-refractivity contribution is 6.21. The Morgan fingerprint density at radius 1 is 0.510 bits per heavy atom. The van der Waals surface area contributed by atoms with E-state index in [4.69, 9.17) is 0 Å². The molecule has 0 bridgehead atoms. The summed E-state index contributed by atoms with van der Waals surface area (Å²) in [6.45, 7) is 9.66. The third kappa shape index (κ3) is 5.14. The molecule has 1 N–H and O–H groups in total. The molecule has 6 nitrogen and oxygen atoms in total. The van der Waals surface area contributed by atoms with Crippen molar-refractivity contribution in [1.82, 2.24) is 9.13 Å². The van der Waals surface area contributed by atoms with Crippen molar-refractivity contribution >= 4 is 60.9 Å². The average Bonchev–Trinajstić information content (AvgIpc) is 3.65. The lowest BCUT2D eigenvalue weighted by Gasteiger charge is -2.08. The van der Waals surface area contributed by atoms with Gasteiger partial charge in [-0.2, -0.15) is 0 Å². The Kier molecular flexibility index (Phi) is 7.87. The van der Waals surface area contributed by atoms with E-state index in [1.165, 1.54) is 0 Å². The normalized spacial score (nSPS) is 11.5. The number of fused-ring (bicyclic) bond motifs is 6. The molecule has 0 radical (unpaired) electrons. The molecule has 6 aromatic carbocycles. The molecule has 51 heavy (non-hydrogen) atoms. The van der Waals surface area contributed by atoms with Gasteiger partial charge in [-0.1, -0.05) is 65.8 Å². The number of benzene rings is 6. The standard InChI is InChI=1S/C45H37N3O3/c1-5-47-39-19-15-29(23-35(39)37-25-31(17-21-41(37)47)44(49)33-13-9-7-11-27(33)3)43(46-51)30-16-20-40-36(24-30)38-26-32(18-22-42(38)48(40)6-2)45(50)34-14-10-8-12-28(34)4/h7-26,51H,5-6H2,1-4H3. The van der Waals surface area contributed by atoms with E-state index in [-0.39, 0.29) is 11.6 Å². The zero-order valence-electron chi connectivity index (χ0n) is 29.1. The van der Waals surface area contributed by atoms with E-state index in [9.17, 15) is 14.8 Å². The lowest BCUT2D eigenvalue weighted by atomic mass is 9.96. The number of hydrogen-bond acceptors (Lipinski definition) is 4. The van der Waals surface area contributed by atoms with Gasteiger partial charge in [0.05, 0.1) is 0 Å². The molecule has 0 unspecified atom stereocenters. The molecule has 2 heterocycles. The van der Waals surface area contributed by atoms with Gasteiger partial charge in [0, 0.05) is 90.1 Å². The zero-order valence-corrected chi connectivity index (χ0v) is 29.1. The van der Waals surface area contributed by atoms with Crippen LogP contribution in [0.3, 0.4) is 0 Å². The smallest absolute Gasteiger partial charge is 0.193 e. The highest BCUT2D eigenvalue weighted by Gasteiger charge is 2.20. The fraction of sp³-hybridized carbons (Fsp3) is 0.133. The largest absolute Gasteiger partial charge is 0.410 e. The minimum Gasteiger partial charge on any atom is -0.410 e. The molecule has 8 rings (SSSR count). The number of nitrogens with zero attached hydrogens (tertiary/aromatic N) is 3. The lowest BCUT2D eigenvalue weighted by Crippen LogP contribution is -2.04. The number of carbonyl (C=O) groups excluding carboxylic acids is 2. The molecular formula is C45H37N3O3. The zero-order chi connectivity index (χ0) is 35.4. The van der Waals surface area contributed by atoms with Crippen molar-refractivity contribution in [2.75, 3.05) is 0 Å². The maximum atomic E-state index is 13.6. The molecule has 6 heteroatoms. The molecule has 0 aliphatic carbocycles. The first-order valence-electron chi connectivity index (χ1n) is 17.4. The number of hydrogen-bond donors (Lipinski definition) is 1. The van der Waals surface area contributed by atoms with Crippen LogP contribution in [-0.2, 0) is 13.1 Å². The Morgan fingerprint density at radius 3 is 1.18 bits per heavy atom. The lowest BCUT2D eigenvalue weighted by molar-refractivity contribution is 0.103. The van der Waals surface area contributed by atoms with Crippen LogP contribution in [0.2, 0.25) is 0 Å². The fourth-order valence-corrected chi connectivity index (χ4v) is 7.72. The average molecular weight is 668 g/mol. The van der Waals surface area contributed by atoms with Crippen molar-refractivity contribution in [3.8, 4) is 0 Å². The molecule has 0 aliphatic rings. The van der Waals surface area contributed by atoms with Crippen molar-refractivity contribution in [3.05, 3.63) is 166 Å². The SMILES string of the molecule is CCn1c2ccc(C(=O)c3ccccc3C)cc2c2cc(C(=NO)c3ccc4c(c3)c3cc(C(=O)c5ccccc5C)ccc3n4CC)ccc21. The summed E-state index contributed by atoms with van der Waals surface area (Å²) in [5.41, 5.74) is 10.6. The van der Waals surface area contributed by atoms with Crippen molar-refractivity contribution in [2.45, 2.75) is 40.8 Å². The van der Waals surface area contributed by atoms with Crippen LogP contribution < -0.4 is 0 Å². The second-order valence-corrected chi connectivity index (χ2v) is 13.2. The van der Waals surface area contributed by atoms with Gasteiger partial charge in [0.15, 0.2) is 11.6 Å². The topological polar surface area (TPSA) is 76.6 Å². The Labute approximate surface area is 295 Å². The second kappa shape index (κ2) is 12.6. The summed E-state index contributed by atoms with van der Waals surface area (Å²) in [4.78, 5) is 27.2. The molecule has 0 atom stereocenters. The van der Waals surface area contributed by atoms with Gasteiger partial charge in [-0.15, -0.1) is 0 Å². The fourth-order valence-electron chi connectivity index (χ4n) is 7.72. The van der Waals surface area contributed by atoms with E-state index in [2.05, 4.69) is 52.4 Å². The minimum absolute atomic E-state index is 0.00975. The third-order valence-corrected chi connectivity index (χ3v) is 10.3. The summed E-state index contributed by atoms with van der Waals surface area (Å²) in [6, 6.07) is 39.4. The van der Waals surface area contributed by atoms with Gasteiger partial charge in [-0.05, 0) is 99.5 Å². The van der Waals surface area contributed by atoms with Crippen LogP contribution in [0.4, 0.5) is 0 Å². The summed E-state index contributed by atoms with van der Waals surface area (Å²) in [5, 5.41) is 18.3. The van der Waals surface area contributed by atoms with E-state index < -0.39 is 0 Å². The summed E-state index contributed by atoms with van der Waals surface area (Å²) in [7, 11) is 0. The van der Waals surface area contributed by atoms with Crippen LogP contribution >= 0.6 is 0 Å². The van der Waals surface area contributed by atoms with Crippen LogP contribution in [0.1, 0.15) is 67.9 Å². The monoisotopic (exact) mass is 667 g/mol. The molecule has 250 valence electrons. The second-order valence-electron chi connectivity index (χ2n) is 13.2. The van der Waals surface area contributed by atoms with Gasteiger partial charge in [0.1, 0.15) is 5.71 Å². The molecule has 0 saturated carbocycles. The highest BCUT2D eigenvalue weighted by atomic mass is 16.4. The van der Waals surface area contributed by atoms with Gasteiger partial charge in [0.2, 0.25) is 0 Å². The van der Waals surface area contributed by atoms with Gasteiger partial charge >= 0.3 is 0 Å². The number of rotatable bonds is 8. The van der Waals surface area contributed by atoms with E-state index in [0.717, 1.165) is 79.0 Å². The van der Waals surface area contributed by atoms with Crippen LogP contribution in [0.15, 0.2) is 126 Å². The Hall–Kier alpha value is -6.27. The molecule has 0 amide bonds. The highest BCUT2D eigenvalue weighted by Crippen LogP contribution is 2.35. The van der Waals surface area contributed by atoms with Gasteiger partial charge in [0.25, 0.3) is 0 Å². The summed E-state index contributed by atoms with van der Waals surface area (Å²) >= 11 is 0. The Bertz CT molecular complexity index is 2560. The number of carbonyl (C=O) groups is 2. The van der Waals surface area contributed by atoms with E-state index in [1.54, 1.807) is 0 Å². The summed E-state index contributed by atoms with van der Waals surface area (Å²) in [5.74, 6) is -0.0195. The maximum Gasteiger partial charge on any atom is 0.193 e. The van der Waals surface area contributed by atoms with E-state index in [1.807, 2.05) is 111 Å². The number of oxime groups is 1. The molecule has 0 aliphatic heterocycles. The van der Waals surface area contributed by atoms with E-state index in [0.29, 0.717) is 28.0 Å². The maximum absolute atomic E-state index is 13.6. The van der Waals surface area contributed by atoms with Crippen LogP contribution in [0.5, 0.6) is 0 Å². The van der Waals surface area contributed by atoms with Crippen molar-refractivity contribution in [2.24, 2.45) is 5.16 Å². The third-order valence-electron chi connectivity index (χ3n) is 10.3. The Morgan fingerprint density at radius 2 is 0.843 bits per heavy atom. The molecular weight excluding hydrogens is 631 g/mol. The van der Waals surface area contributed by atoms with Gasteiger partial charge < -0.3 is 14.3 Å². The minimum atomic E-state index is -0.00975. The van der Waals surface area contributed by atoms with Crippen LogP contribution in [0, 0.1) is 13.8 Å². The first kappa shape index (κ1) is 32.0.